The lowest BCUT2D eigenvalue weighted by Crippen LogP contribution is -2.39. The van der Waals surface area contributed by atoms with Gasteiger partial charge in [-0.3, -0.25) is 9.69 Å². The van der Waals surface area contributed by atoms with Crippen LogP contribution in [0.1, 0.15) is 6.42 Å². The maximum atomic E-state index is 12.1. The average molecular weight is 282 g/mol. The van der Waals surface area contributed by atoms with Gasteiger partial charge in [0.15, 0.2) is 5.75 Å². The largest absolute Gasteiger partial charge is 0.487 e. The maximum absolute atomic E-state index is 12.1. The molecule has 0 unspecified atom stereocenters. The molecule has 1 saturated heterocycles. The first kappa shape index (κ1) is 15.0. The molecule has 2 heterocycles. The minimum Gasteiger partial charge on any atom is -0.487 e. The normalized spacial score (nSPS) is 16.2. The molecule has 0 radical (unpaired) electrons. The molecule has 0 aromatic carbocycles. The molecule has 1 N–H and O–H groups in total. The molecular weight excluding hydrogens is 260 g/mol. The Bertz CT molecular complexity index is 455. The van der Waals surface area contributed by atoms with Gasteiger partial charge in [-0.15, -0.1) is 0 Å². The van der Waals surface area contributed by atoms with E-state index < -0.39 is 0 Å². The Morgan fingerprint density at radius 1 is 1.30 bits per heavy atom. The third kappa shape index (κ3) is 4.33. The van der Waals surface area contributed by atoms with Crippen LogP contribution in [0.15, 0.2) is 23.1 Å². The van der Waals surface area contributed by atoms with E-state index in [2.05, 4.69) is 4.90 Å². The van der Waals surface area contributed by atoms with Crippen molar-refractivity contribution in [3.8, 4) is 5.75 Å². The summed E-state index contributed by atoms with van der Waals surface area (Å²) in [6.45, 7) is 5.24. The van der Waals surface area contributed by atoms with Crippen LogP contribution in [0.2, 0.25) is 0 Å². The first-order valence-electron chi connectivity index (χ1n) is 7.04. The molecule has 2 rings (SSSR count). The number of aryl methyl sites for hydroxylation is 1. The molecule has 20 heavy (non-hydrogen) atoms. The summed E-state index contributed by atoms with van der Waals surface area (Å²) in [7, 11) is 0. The molecule has 1 aliphatic heterocycles. The molecule has 0 amide bonds. The third-order valence-electron chi connectivity index (χ3n) is 3.31. The Morgan fingerprint density at radius 2 is 2.10 bits per heavy atom. The number of ether oxygens (including phenoxy) is 2. The van der Waals surface area contributed by atoms with Crippen LogP contribution in [0.25, 0.3) is 0 Å². The van der Waals surface area contributed by atoms with Gasteiger partial charge in [0.1, 0.15) is 6.61 Å². The van der Waals surface area contributed by atoms with Crippen LogP contribution in [0.4, 0.5) is 0 Å². The molecule has 0 atom stereocenters. The zero-order valence-corrected chi connectivity index (χ0v) is 11.7. The van der Waals surface area contributed by atoms with Crippen molar-refractivity contribution in [2.45, 2.75) is 13.0 Å². The fraction of sp³-hybridized carbons (Fsp3) is 0.643. The van der Waals surface area contributed by atoms with E-state index in [1.807, 2.05) is 0 Å². The lowest BCUT2D eigenvalue weighted by molar-refractivity contribution is 0.0321. The lowest BCUT2D eigenvalue weighted by atomic mass is 10.4. The van der Waals surface area contributed by atoms with Crippen molar-refractivity contribution in [2.24, 2.45) is 0 Å². The van der Waals surface area contributed by atoms with E-state index in [1.54, 1.807) is 22.9 Å². The van der Waals surface area contributed by atoms with Crippen LogP contribution in [0, 0.1) is 0 Å². The number of nitrogens with zero attached hydrogens (tertiary/aromatic N) is 2. The Hall–Kier alpha value is -1.37. The van der Waals surface area contributed by atoms with Crippen LogP contribution >= 0.6 is 0 Å². The van der Waals surface area contributed by atoms with Crippen molar-refractivity contribution < 1.29 is 14.6 Å². The Balaban J connectivity index is 1.84. The number of aromatic nitrogens is 1. The average Bonchev–Trinajstić information content (AvgIpc) is 2.49. The highest BCUT2D eigenvalue weighted by molar-refractivity contribution is 5.17. The van der Waals surface area contributed by atoms with Crippen LogP contribution in [0.3, 0.4) is 0 Å². The highest BCUT2D eigenvalue weighted by Crippen LogP contribution is 2.03. The first-order valence-corrected chi connectivity index (χ1v) is 7.04. The van der Waals surface area contributed by atoms with E-state index in [-0.39, 0.29) is 12.2 Å². The molecule has 0 bridgehead atoms. The zero-order chi connectivity index (χ0) is 14.2. The Kier molecular flexibility index (Phi) is 6.04. The van der Waals surface area contributed by atoms with E-state index in [1.165, 1.54) is 0 Å². The second-order valence-electron chi connectivity index (χ2n) is 4.75. The van der Waals surface area contributed by atoms with Crippen molar-refractivity contribution >= 4 is 0 Å². The van der Waals surface area contributed by atoms with Gasteiger partial charge in [-0.2, -0.15) is 0 Å². The van der Waals surface area contributed by atoms with E-state index in [4.69, 9.17) is 14.6 Å². The van der Waals surface area contributed by atoms with Crippen LogP contribution in [0.5, 0.6) is 5.75 Å². The highest BCUT2D eigenvalue weighted by Gasteiger charge is 2.10. The molecule has 112 valence electrons. The number of pyridine rings is 1. The molecule has 6 heteroatoms. The van der Waals surface area contributed by atoms with Gasteiger partial charge in [0.25, 0.3) is 5.56 Å². The third-order valence-corrected chi connectivity index (χ3v) is 3.31. The van der Waals surface area contributed by atoms with Gasteiger partial charge in [-0.25, -0.2) is 0 Å². The number of hydrogen-bond donors (Lipinski definition) is 1. The van der Waals surface area contributed by atoms with Gasteiger partial charge in [0.2, 0.25) is 0 Å². The van der Waals surface area contributed by atoms with Crippen LogP contribution < -0.4 is 10.3 Å². The van der Waals surface area contributed by atoms with Crippen molar-refractivity contribution in [1.82, 2.24) is 9.47 Å². The van der Waals surface area contributed by atoms with Gasteiger partial charge < -0.3 is 19.1 Å². The smallest absolute Gasteiger partial charge is 0.292 e. The van der Waals surface area contributed by atoms with E-state index in [9.17, 15) is 4.79 Å². The molecule has 6 nitrogen and oxygen atoms in total. The summed E-state index contributed by atoms with van der Waals surface area (Å²) in [5.74, 6) is 0.374. The van der Waals surface area contributed by atoms with E-state index in [0.29, 0.717) is 25.3 Å². The fourth-order valence-electron chi connectivity index (χ4n) is 2.15. The number of rotatable bonds is 7. The number of hydrogen-bond acceptors (Lipinski definition) is 5. The second kappa shape index (κ2) is 8.04. The summed E-state index contributed by atoms with van der Waals surface area (Å²) in [4.78, 5) is 14.3. The number of aliphatic hydroxyl groups excluding tert-OH is 1. The van der Waals surface area contributed by atoms with Gasteiger partial charge in [0, 0.05) is 39.0 Å². The van der Waals surface area contributed by atoms with Gasteiger partial charge >= 0.3 is 0 Å². The van der Waals surface area contributed by atoms with E-state index in [0.717, 1.165) is 32.8 Å². The van der Waals surface area contributed by atoms with Crippen molar-refractivity contribution in [3.05, 3.63) is 28.7 Å². The number of aliphatic hydroxyl groups is 1. The summed E-state index contributed by atoms with van der Waals surface area (Å²) in [5, 5.41) is 8.81. The maximum Gasteiger partial charge on any atom is 0.292 e. The fourth-order valence-corrected chi connectivity index (χ4v) is 2.15. The molecular formula is C14H22N2O4. The monoisotopic (exact) mass is 282 g/mol. The summed E-state index contributed by atoms with van der Waals surface area (Å²) in [6, 6.07) is 3.49. The summed E-state index contributed by atoms with van der Waals surface area (Å²) in [5.41, 5.74) is -0.136. The zero-order valence-electron chi connectivity index (χ0n) is 11.7. The molecule has 0 aliphatic carbocycles. The topological polar surface area (TPSA) is 63.9 Å². The summed E-state index contributed by atoms with van der Waals surface area (Å²) in [6.07, 6.45) is 2.28. The lowest BCUT2D eigenvalue weighted by Gasteiger charge is -2.26. The Morgan fingerprint density at radius 3 is 2.85 bits per heavy atom. The summed E-state index contributed by atoms with van der Waals surface area (Å²) >= 11 is 0. The standard InChI is InChI=1S/C14H22N2O4/c17-9-2-5-16-4-1-3-13(14(16)18)20-12-8-15-6-10-19-11-7-15/h1,3-4,17H,2,5-12H2. The van der Waals surface area contributed by atoms with Crippen molar-refractivity contribution in [3.63, 3.8) is 0 Å². The molecule has 0 spiro atoms. The highest BCUT2D eigenvalue weighted by atomic mass is 16.5. The summed E-state index contributed by atoms with van der Waals surface area (Å²) < 4.78 is 12.4. The minimum atomic E-state index is -0.136. The second-order valence-corrected chi connectivity index (χ2v) is 4.75. The predicted molar refractivity (Wildman–Crippen MR) is 75.2 cm³/mol. The number of morpholine rings is 1. The van der Waals surface area contributed by atoms with Crippen LogP contribution in [-0.2, 0) is 11.3 Å². The minimum absolute atomic E-state index is 0.0779. The van der Waals surface area contributed by atoms with Gasteiger partial charge in [-0.1, -0.05) is 0 Å². The first-order chi connectivity index (χ1) is 9.81. The molecule has 1 aromatic heterocycles. The van der Waals surface area contributed by atoms with Crippen molar-refractivity contribution in [1.29, 1.82) is 0 Å². The molecule has 0 saturated carbocycles. The SMILES string of the molecule is O=c1c(OCCN2CCOCC2)cccn1CCCO. The predicted octanol–water partition coefficient (Wildman–Crippen LogP) is -0.0583. The van der Waals surface area contributed by atoms with Gasteiger partial charge in [0.05, 0.1) is 13.2 Å². The van der Waals surface area contributed by atoms with Gasteiger partial charge in [-0.05, 0) is 18.6 Å². The van der Waals surface area contributed by atoms with Crippen molar-refractivity contribution in [2.75, 3.05) is 46.1 Å². The quantitative estimate of drug-likeness (QED) is 0.759. The molecule has 1 aromatic rings. The Labute approximate surface area is 118 Å². The van der Waals surface area contributed by atoms with E-state index >= 15 is 0 Å². The molecule has 1 fully saturated rings. The van der Waals surface area contributed by atoms with Crippen LogP contribution in [-0.4, -0.2) is 60.6 Å². The molecule has 1 aliphatic rings.